The topological polar surface area (TPSA) is 108 Å². The maximum atomic E-state index is 12.7. The van der Waals surface area contributed by atoms with Gasteiger partial charge in [-0.25, -0.2) is 4.57 Å². The van der Waals surface area contributed by atoms with E-state index >= 15 is 0 Å². The summed E-state index contributed by atoms with van der Waals surface area (Å²) in [7, 11) is 1.49. The molecule has 0 aliphatic carbocycles. The van der Waals surface area contributed by atoms with Crippen molar-refractivity contribution in [1.29, 1.82) is 0 Å². The minimum Gasteiger partial charge on any atom is -0.462 e. The van der Waals surface area contributed by atoms with Crippen molar-refractivity contribution >= 4 is 19.8 Å². The van der Waals surface area contributed by atoms with Crippen LogP contribution >= 0.6 is 7.82 Å². The van der Waals surface area contributed by atoms with E-state index < -0.39 is 26.5 Å². The number of hydrogen-bond acceptors (Lipinski definition) is 7. The Morgan fingerprint density at radius 3 is 1.25 bits per heavy atom. The van der Waals surface area contributed by atoms with E-state index in [-0.39, 0.29) is 25.6 Å². The van der Waals surface area contributed by atoms with Gasteiger partial charge in [0.15, 0.2) is 6.10 Å². The lowest BCUT2D eigenvalue weighted by molar-refractivity contribution is -0.870. The van der Waals surface area contributed by atoms with Crippen molar-refractivity contribution in [3.63, 3.8) is 0 Å². The minimum atomic E-state index is -4.37. The summed E-state index contributed by atoms with van der Waals surface area (Å²) < 4.78 is 34.5. The molecule has 0 saturated carbocycles. The van der Waals surface area contributed by atoms with E-state index in [0.29, 0.717) is 23.9 Å². The van der Waals surface area contributed by atoms with E-state index in [1.165, 1.54) is 180 Å². The second-order valence-corrected chi connectivity index (χ2v) is 20.0. The van der Waals surface area contributed by atoms with Crippen molar-refractivity contribution in [3.8, 4) is 0 Å². The number of nitrogens with zero attached hydrogens (tertiary/aromatic N) is 1. The molecule has 0 aromatic rings. The van der Waals surface area contributed by atoms with Gasteiger partial charge in [0, 0.05) is 12.8 Å². The summed E-state index contributed by atoms with van der Waals surface area (Å²) in [4.78, 5) is 35.5. The first-order valence-corrected chi connectivity index (χ1v) is 26.9. The Morgan fingerprint density at radius 1 is 0.500 bits per heavy atom. The minimum absolute atomic E-state index is 0.0350. The van der Waals surface area contributed by atoms with Crippen LogP contribution in [-0.4, -0.2) is 74.9 Å². The Bertz CT molecular complexity index is 1030. The van der Waals surface area contributed by atoms with Gasteiger partial charge >= 0.3 is 19.8 Å². The second-order valence-electron chi connectivity index (χ2n) is 18.6. The molecular weight excluding hydrogens is 774 g/mol. The standard InChI is InChI=1S/C50H98NO8P/c1-6-8-10-12-14-16-18-20-22-24-25-27-29-31-33-35-37-39-41-43-50(53)59-48(47-58-60(54,55)57-45-44-51(3,4)5)46-56-49(52)42-40-38-36-34-32-30-28-26-23-21-19-17-15-13-11-9-7-2/h17,19,48H,6-16,18,20-47H2,1-5H3/p+1/b19-17-/t48-/m1/s1. The van der Waals surface area contributed by atoms with Crippen LogP contribution in [0.25, 0.3) is 0 Å². The lowest BCUT2D eigenvalue weighted by Gasteiger charge is -2.24. The molecule has 0 heterocycles. The fourth-order valence-corrected chi connectivity index (χ4v) is 8.05. The molecule has 0 aliphatic heterocycles. The van der Waals surface area contributed by atoms with Crippen LogP contribution in [0.15, 0.2) is 12.2 Å². The van der Waals surface area contributed by atoms with Gasteiger partial charge in [0.2, 0.25) is 0 Å². The molecule has 0 aliphatic rings. The molecule has 0 rings (SSSR count). The number of esters is 2. The highest BCUT2D eigenvalue weighted by Crippen LogP contribution is 2.43. The summed E-state index contributed by atoms with van der Waals surface area (Å²) >= 11 is 0. The van der Waals surface area contributed by atoms with Gasteiger partial charge in [0.25, 0.3) is 0 Å². The number of quaternary nitrogens is 1. The highest BCUT2D eigenvalue weighted by atomic mass is 31.2. The largest absolute Gasteiger partial charge is 0.472 e. The van der Waals surface area contributed by atoms with E-state index in [2.05, 4.69) is 26.0 Å². The maximum absolute atomic E-state index is 12.7. The van der Waals surface area contributed by atoms with Crippen molar-refractivity contribution < 1.29 is 42.1 Å². The average molecular weight is 873 g/mol. The zero-order valence-electron chi connectivity index (χ0n) is 40.2. The molecular formula is C50H99NO8P+. The first kappa shape index (κ1) is 58.8. The molecule has 10 heteroatoms. The van der Waals surface area contributed by atoms with Gasteiger partial charge in [-0.3, -0.25) is 18.6 Å². The van der Waals surface area contributed by atoms with Gasteiger partial charge in [0.1, 0.15) is 19.8 Å². The first-order chi connectivity index (χ1) is 29.0. The molecule has 0 aromatic carbocycles. The lowest BCUT2D eigenvalue weighted by Crippen LogP contribution is -2.37. The molecule has 0 amide bonds. The lowest BCUT2D eigenvalue weighted by atomic mass is 10.0. The van der Waals surface area contributed by atoms with Crippen molar-refractivity contribution in [3.05, 3.63) is 12.2 Å². The molecule has 0 bridgehead atoms. The summed E-state index contributed by atoms with van der Waals surface area (Å²) in [5, 5.41) is 0. The molecule has 1 unspecified atom stereocenters. The third kappa shape index (κ3) is 46.3. The summed E-state index contributed by atoms with van der Waals surface area (Å²) in [5.41, 5.74) is 0. The molecule has 0 spiro atoms. The van der Waals surface area contributed by atoms with Crippen molar-refractivity contribution in [2.45, 2.75) is 251 Å². The van der Waals surface area contributed by atoms with E-state index in [4.69, 9.17) is 18.5 Å². The molecule has 60 heavy (non-hydrogen) atoms. The molecule has 1 N–H and O–H groups in total. The van der Waals surface area contributed by atoms with E-state index in [9.17, 15) is 19.0 Å². The van der Waals surface area contributed by atoms with Crippen LogP contribution in [0.1, 0.15) is 245 Å². The zero-order valence-corrected chi connectivity index (χ0v) is 41.1. The van der Waals surface area contributed by atoms with Crippen molar-refractivity contribution in [1.82, 2.24) is 0 Å². The Morgan fingerprint density at radius 2 is 0.850 bits per heavy atom. The quantitative estimate of drug-likeness (QED) is 0.0212. The molecule has 0 saturated heterocycles. The fourth-order valence-electron chi connectivity index (χ4n) is 7.31. The Kier molecular flexibility index (Phi) is 42.1. The van der Waals surface area contributed by atoms with Crippen LogP contribution in [0.3, 0.4) is 0 Å². The van der Waals surface area contributed by atoms with Gasteiger partial charge in [-0.15, -0.1) is 0 Å². The number of ether oxygens (including phenoxy) is 2. The third-order valence-corrected chi connectivity index (χ3v) is 12.3. The van der Waals surface area contributed by atoms with Gasteiger partial charge in [-0.1, -0.05) is 206 Å². The third-order valence-electron chi connectivity index (χ3n) is 11.3. The van der Waals surface area contributed by atoms with Crippen LogP contribution in [-0.2, 0) is 32.7 Å². The second kappa shape index (κ2) is 43.0. The summed E-state index contributed by atoms with van der Waals surface area (Å²) in [6.45, 7) is 4.46. The molecule has 9 nitrogen and oxygen atoms in total. The van der Waals surface area contributed by atoms with Crippen molar-refractivity contribution in [2.75, 3.05) is 47.5 Å². The normalized spacial score (nSPS) is 13.5. The Balaban J connectivity index is 4.23. The molecule has 0 radical (unpaired) electrons. The SMILES string of the molecule is CCCCCC/C=C\CCCCCCCCCCCC(=O)OC[C@H](COP(=O)(O)OCC[N+](C)(C)C)OC(=O)CCCCCCCCCCCCCCCCCCCCC. The van der Waals surface area contributed by atoms with Crippen LogP contribution < -0.4 is 0 Å². The Hall–Kier alpha value is -1.25. The predicted octanol–water partition coefficient (Wildman–Crippen LogP) is 14.9. The van der Waals surface area contributed by atoms with Crippen LogP contribution in [0.2, 0.25) is 0 Å². The number of unbranched alkanes of at least 4 members (excludes halogenated alkanes) is 31. The van der Waals surface area contributed by atoms with E-state index in [1.807, 2.05) is 21.1 Å². The highest BCUT2D eigenvalue weighted by molar-refractivity contribution is 7.47. The average Bonchev–Trinajstić information content (AvgIpc) is 3.20. The van der Waals surface area contributed by atoms with Crippen LogP contribution in [0, 0.1) is 0 Å². The van der Waals surface area contributed by atoms with Crippen LogP contribution in [0.5, 0.6) is 0 Å². The number of phosphoric acid groups is 1. The smallest absolute Gasteiger partial charge is 0.462 e. The van der Waals surface area contributed by atoms with Crippen LogP contribution in [0.4, 0.5) is 0 Å². The number of carbonyl (C=O) groups excluding carboxylic acids is 2. The van der Waals surface area contributed by atoms with E-state index in [0.717, 1.165) is 32.1 Å². The fraction of sp³-hybridized carbons (Fsp3) is 0.920. The van der Waals surface area contributed by atoms with Crippen molar-refractivity contribution in [2.24, 2.45) is 0 Å². The number of likely N-dealkylation sites (N-methyl/N-ethyl adjacent to an activating group) is 1. The molecule has 356 valence electrons. The molecule has 2 atom stereocenters. The zero-order chi connectivity index (χ0) is 44.3. The molecule has 0 aromatic heterocycles. The number of carbonyl (C=O) groups is 2. The highest BCUT2D eigenvalue weighted by Gasteiger charge is 2.27. The van der Waals surface area contributed by atoms with Gasteiger partial charge < -0.3 is 18.9 Å². The summed E-state index contributed by atoms with van der Waals surface area (Å²) in [6.07, 6.45) is 46.8. The number of rotatable bonds is 47. The number of allylic oxidation sites excluding steroid dienone is 2. The Labute approximate surface area is 371 Å². The first-order valence-electron chi connectivity index (χ1n) is 25.4. The maximum Gasteiger partial charge on any atom is 0.472 e. The van der Waals surface area contributed by atoms with E-state index in [1.54, 1.807) is 0 Å². The van der Waals surface area contributed by atoms with Gasteiger partial charge in [-0.2, -0.15) is 0 Å². The number of phosphoric ester groups is 1. The molecule has 0 fully saturated rings. The van der Waals surface area contributed by atoms with Gasteiger partial charge in [-0.05, 0) is 38.5 Å². The van der Waals surface area contributed by atoms with Gasteiger partial charge in [0.05, 0.1) is 27.7 Å². The summed E-state index contributed by atoms with van der Waals surface area (Å²) in [6, 6.07) is 0. The number of hydrogen-bond donors (Lipinski definition) is 1. The predicted molar refractivity (Wildman–Crippen MR) is 252 cm³/mol. The summed E-state index contributed by atoms with van der Waals surface area (Å²) in [5.74, 6) is -0.786. The monoisotopic (exact) mass is 873 g/mol.